The lowest BCUT2D eigenvalue weighted by molar-refractivity contribution is -0.138. The number of carbonyl (C=O) groups excluding carboxylic acids is 1. The number of carbonyl (C=O) groups is 1. The minimum absolute atomic E-state index is 0.297. The van der Waals surface area contributed by atoms with E-state index < -0.39 is 23.3 Å². The highest BCUT2D eigenvalue weighted by Gasteiger charge is 2.35. The summed E-state index contributed by atoms with van der Waals surface area (Å²) >= 11 is 1.10. The quantitative estimate of drug-likeness (QED) is 0.396. The molecule has 1 aromatic heterocycles. The number of ether oxygens (including phenoxy) is 1. The van der Waals surface area contributed by atoms with Crippen LogP contribution in [0.1, 0.15) is 16.7 Å². The van der Waals surface area contributed by atoms with Gasteiger partial charge in [0.2, 0.25) is 0 Å². The lowest BCUT2D eigenvalue weighted by Crippen LogP contribution is -2.20. The Morgan fingerprint density at radius 3 is 2.71 bits per heavy atom. The fraction of sp³-hybridized carbons (Fsp3) is 0.182. The zero-order valence-electron chi connectivity index (χ0n) is 17.6. The van der Waals surface area contributed by atoms with Crippen LogP contribution in [0.5, 0.6) is 11.5 Å². The molecule has 7 nitrogen and oxygen atoms in total. The largest absolute Gasteiger partial charge is 0.454 e. The summed E-state index contributed by atoms with van der Waals surface area (Å²) in [6.07, 6.45) is -0.230. The summed E-state index contributed by atoms with van der Waals surface area (Å²) in [6, 6.07) is 7.27. The van der Waals surface area contributed by atoms with Gasteiger partial charge in [0, 0.05) is 0 Å². The molecule has 1 amide bonds. The number of aromatic nitrogens is 3. The first-order valence-corrected chi connectivity index (χ1v) is 10.7. The van der Waals surface area contributed by atoms with Crippen molar-refractivity contribution in [1.29, 1.82) is 0 Å². The average Bonchev–Trinajstić information content (AvgIpc) is 3.40. The number of halogens is 4. The molecule has 0 unspecified atom stereocenters. The molecule has 0 aliphatic carbocycles. The van der Waals surface area contributed by atoms with Crippen LogP contribution in [-0.4, -0.2) is 32.4 Å². The minimum atomic E-state index is -4.65. The van der Waals surface area contributed by atoms with Gasteiger partial charge in [0.15, 0.2) is 16.7 Å². The molecule has 0 saturated carbocycles. The number of hydrogen-bond donors (Lipinski definition) is 1. The summed E-state index contributed by atoms with van der Waals surface area (Å²) < 4.78 is 61.3. The van der Waals surface area contributed by atoms with Gasteiger partial charge >= 0.3 is 6.18 Å². The highest BCUT2D eigenvalue weighted by Crippen LogP contribution is 2.39. The number of nitrogens with zero attached hydrogens (tertiary/aromatic N) is 4. The Balaban J connectivity index is 1.47. The first-order valence-electron chi connectivity index (χ1n) is 9.92. The predicted molar refractivity (Wildman–Crippen MR) is 119 cm³/mol. The van der Waals surface area contributed by atoms with E-state index in [4.69, 9.17) is 4.74 Å². The van der Waals surface area contributed by atoms with Crippen molar-refractivity contribution in [1.82, 2.24) is 20.1 Å². The fourth-order valence-corrected chi connectivity index (χ4v) is 3.86. The summed E-state index contributed by atoms with van der Waals surface area (Å²) in [6.45, 7) is 2.38. The van der Waals surface area contributed by atoms with Gasteiger partial charge < -0.3 is 10.1 Å². The Kier molecular flexibility index (Phi) is 6.68. The van der Waals surface area contributed by atoms with Gasteiger partial charge in [-0.2, -0.15) is 18.3 Å². The van der Waals surface area contributed by atoms with Crippen molar-refractivity contribution in [2.75, 3.05) is 6.54 Å². The topological polar surface area (TPSA) is 81.4 Å². The van der Waals surface area contributed by atoms with Gasteiger partial charge in [0.05, 0.1) is 23.6 Å². The number of nitrogens with one attached hydrogen (secondary N) is 1. The summed E-state index contributed by atoms with van der Waals surface area (Å²) in [5, 5.41) is 6.98. The van der Waals surface area contributed by atoms with Crippen molar-refractivity contribution in [3.63, 3.8) is 0 Å². The van der Waals surface area contributed by atoms with Crippen molar-refractivity contribution in [3.8, 4) is 11.5 Å². The van der Waals surface area contributed by atoms with E-state index in [2.05, 4.69) is 20.4 Å². The van der Waals surface area contributed by atoms with Gasteiger partial charge in [-0.15, -0.1) is 0 Å². The first-order chi connectivity index (χ1) is 16.2. The van der Waals surface area contributed by atoms with Gasteiger partial charge in [-0.25, -0.2) is 9.37 Å². The van der Waals surface area contributed by atoms with E-state index in [1.807, 2.05) is 0 Å². The van der Waals surface area contributed by atoms with Crippen molar-refractivity contribution in [3.05, 3.63) is 76.5 Å². The third-order valence-electron chi connectivity index (χ3n) is 4.62. The maximum Gasteiger partial charge on any atom is 0.419 e. The zero-order chi connectivity index (χ0) is 24.3. The molecule has 1 saturated heterocycles. The Morgan fingerprint density at radius 1 is 1.21 bits per heavy atom. The second-order valence-corrected chi connectivity index (χ2v) is 8.23. The molecule has 3 aromatic rings. The van der Waals surface area contributed by atoms with Gasteiger partial charge in [-0.1, -0.05) is 17.7 Å². The summed E-state index contributed by atoms with van der Waals surface area (Å²) in [7, 11) is 0. The molecule has 176 valence electrons. The second-order valence-electron chi connectivity index (χ2n) is 7.20. The molecule has 0 bridgehead atoms. The zero-order valence-corrected chi connectivity index (χ0v) is 18.5. The third-order valence-corrected chi connectivity index (χ3v) is 5.56. The molecule has 1 fully saturated rings. The number of amidine groups is 1. The van der Waals surface area contributed by atoms with Gasteiger partial charge in [0.1, 0.15) is 18.4 Å². The molecule has 4 rings (SSSR count). The summed E-state index contributed by atoms with van der Waals surface area (Å²) in [5.74, 6) is -2.12. The van der Waals surface area contributed by atoms with Gasteiger partial charge in [-0.05, 0) is 54.6 Å². The van der Waals surface area contributed by atoms with Gasteiger partial charge in [-0.3, -0.25) is 14.5 Å². The van der Waals surface area contributed by atoms with E-state index in [1.165, 1.54) is 37.5 Å². The molecule has 12 heteroatoms. The number of thioether (sulfide) groups is 1. The predicted octanol–water partition coefficient (Wildman–Crippen LogP) is 4.80. The summed E-state index contributed by atoms with van der Waals surface area (Å²) in [4.78, 5) is 20.6. The molecule has 2 heterocycles. The number of alkyl halides is 3. The molecule has 2 aromatic carbocycles. The van der Waals surface area contributed by atoms with Crippen LogP contribution in [-0.2, 0) is 17.5 Å². The van der Waals surface area contributed by atoms with Crippen molar-refractivity contribution < 1.29 is 27.1 Å². The van der Waals surface area contributed by atoms with E-state index in [0.29, 0.717) is 34.3 Å². The molecular weight excluding hydrogens is 474 g/mol. The smallest absolute Gasteiger partial charge is 0.419 e. The number of aliphatic imine (C=N–C) groups is 1. The summed E-state index contributed by atoms with van der Waals surface area (Å²) in [5.41, 5.74) is -0.255. The monoisotopic (exact) mass is 491 g/mol. The van der Waals surface area contributed by atoms with Crippen LogP contribution >= 0.6 is 11.8 Å². The molecule has 0 spiro atoms. The van der Waals surface area contributed by atoms with E-state index in [9.17, 15) is 22.4 Å². The van der Waals surface area contributed by atoms with Crippen molar-refractivity contribution in [2.24, 2.45) is 4.99 Å². The van der Waals surface area contributed by atoms with Crippen LogP contribution < -0.4 is 10.1 Å². The fourth-order valence-electron chi connectivity index (χ4n) is 3.02. The second kappa shape index (κ2) is 9.67. The average molecular weight is 491 g/mol. The first kappa shape index (κ1) is 23.5. The highest BCUT2D eigenvalue weighted by atomic mass is 32.2. The molecule has 0 atom stereocenters. The molecule has 1 aliphatic rings. The molecule has 1 aliphatic heterocycles. The van der Waals surface area contributed by atoms with Crippen molar-refractivity contribution >= 4 is 28.9 Å². The van der Waals surface area contributed by atoms with Gasteiger partial charge in [0.25, 0.3) is 5.91 Å². The van der Waals surface area contributed by atoms with Crippen LogP contribution in [0.25, 0.3) is 6.08 Å². The Bertz CT molecular complexity index is 1270. The minimum Gasteiger partial charge on any atom is -0.454 e. The molecule has 34 heavy (non-hydrogen) atoms. The normalized spacial score (nSPS) is 16.3. The highest BCUT2D eigenvalue weighted by molar-refractivity contribution is 8.18. The maximum atomic E-state index is 14.6. The standard InChI is InChI=1S/C22H17F4N5O2S/c1-13-2-4-17(15(8-13)22(24,25)26)33-18-5-3-14(9-16(18)23)10-19-20(32)30-21(34-19)28-6-7-31-12-27-11-29-31/h2-5,8-12H,6-7H2,1H3,(H,28,30,32)/b19-10-. The molecular formula is C22H17F4N5O2S. The molecule has 0 radical (unpaired) electrons. The van der Waals surface area contributed by atoms with Crippen LogP contribution in [0.2, 0.25) is 0 Å². The van der Waals surface area contributed by atoms with Crippen LogP contribution in [0.3, 0.4) is 0 Å². The maximum absolute atomic E-state index is 14.6. The van der Waals surface area contributed by atoms with Crippen LogP contribution in [0, 0.1) is 12.7 Å². The molecule has 1 N–H and O–H groups in total. The Hall–Kier alpha value is -3.67. The van der Waals surface area contributed by atoms with E-state index >= 15 is 0 Å². The lowest BCUT2D eigenvalue weighted by atomic mass is 10.1. The van der Waals surface area contributed by atoms with Crippen LogP contribution in [0.15, 0.2) is 59.0 Å². The number of amides is 1. The lowest BCUT2D eigenvalue weighted by Gasteiger charge is -2.15. The van der Waals surface area contributed by atoms with E-state index in [1.54, 1.807) is 11.0 Å². The number of benzene rings is 2. The Morgan fingerprint density at radius 2 is 2.00 bits per heavy atom. The van der Waals surface area contributed by atoms with Crippen molar-refractivity contribution in [2.45, 2.75) is 19.6 Å². The van der Waals surface area contributed by atoms with Crippen LogP contribution in [0.4, 0.5) is 17.6 Å². The SMILES string of the molecule is Cc1ccc(Oc2ccc(/C=C3\SC(=NCCn4cncn4)NC3=O)cc2F)c(C(F)(F)F)c1. The van der Waals surface area contributed by atoms with E-state index in [-0.39, 0.29) is 11.7 Å². The van der Waals surface area contributed by atoms with E-state index in [0.717, 1.165) is 30.0 Å². The number of hydrogen-bond acceptors (Lipinski definition) is 6. The third kappa shape index (κ3) is 5.63. The number of aryl methyl sites for hydroxylation is 1. The Labute approximate surface area is 195 Å². The number of rotatable bonds is 6.